The van der Waals surface area contributed by atoms with E-state index >= 15 is 0 Å². The van der Waals surface area contributed by atoms with E-state index in [1.165, 1.54) is 50.5 Å². The van der Waals surface area contributed by atoms with Crippen molar-refractivity contribution in [2.45, 2.75) is 91.6 Å². The number of hydrogen-bond donors (Lipinski definition) is 0. The molecular formula is C33H44N2O3. The standard InChI is InChI=1S/C33H44N2O3/c1-5-7-8-9-10-11-12-13-27-14-16-28(17-15-27)30-22-34-32(35-23-30)29-18-20-31(21-19-29)37-24-26(4)38-33(36)25(3)6-2/h14-23,25-26H,5-13,24H2,1-4H3. The van der Waals surface area contributed by atoms with Crippen molar-refractivity contribution in [3.05, 3.63) is 66.5 Å². The van der Waals surface area contributed by atoms with Crippen LogP contribution in [0.5, 0.6) is 5.75 Å². The molecule has 1 heterocycles. The van der Waals surface area contributed by atoms with Gasteiger partial charge in [-0.2, -0.15) is 0 Å². The van der Waals surface area contributed by atoms with Gasteiger partial charge in [0.2, 0.25) is 0 Å². The van der Waals surface area contributed by atoms with Gasteiger partial charge in [-0.25, -0.2) is 9.97 Å². The molecule has 0 fully saturated rings. The second-order valence-corrected chi connectivity index (χ2v) is 10.3. The van der Waals surface area contributed by atoms with Gasteiger partial charge in [0.25, 0.3) is 0 Å². The van der Waals surface area contributed by atoms with Crippen molar-refractivity contribution >= 4 is 5.97 Å². The molecule has 2 unspecified atom stereocenters. The van der Waals surface area contributed by atoms with Crippen molar-refractivity contribution < 1.29 is 14.3 Å². The minimum atomic E-state index is -0.304. The zero-order valence-electron chi connectivity index (χ0n) is 23.6. The number of aromatic nitrogens is 2. The fourth-order valence-electron chi connectivity index (χ4n) is 4.21. The van der Waals surface area contributed by atoms with Gasteiger partial charge < -0.3 is 9.47 Å². The van der Waals surface area contributed by atoms with Gasteiger partial charge in [-0.15, -0.1) is 0 Å². The van der Waals surface area contributed by atoms with E-state index in [-0.39, 0.29) is 18.0 Å². The largest absolute Gasteiger partial charge is 0.490 e. The van der Waals surface area contributed by atoms with Gasteiger partial charge in [-0.05, 0) is 61.6 Å². The van der Waals surface area contributed by atoms with Gasteiger partial charge in [0.15, 0.2) is 5.82 Å². The monoisotopic (exact) mass is 516 g/mol. The average molecular weight is 517 g/mol. The van der Waals surface area contributed by atoms with Gasteiger partial charge >= 0.3 is 5.97 Å². The van der Waals surface area contributed by atoms with E-state index in [9.17, 15) is 4.79 Å². The van der Waals surface area contributed by atoms with Gasteiger partial charge in [0, 0.05) is 23.5 Å². The molecule has 5 nitrogen and oxygen atoms in total. The summed E-state index contributed by atoms with van der Waals surface area (Å²) >= 11 is 0. The lowest BCUT2D eigenvalue weighted by atomic mass is 10.0. The van der Waals surface area contributed by atoms with Crippen LogP contribution in [0.15, 0.2) is 60.9 Å². The Balaban J connectivity index is 1.46. The highest BCUT2D eigenvalue weighted by atomic mass is 16.6. The molecular weight excluding hydrogens is 472 g/mol. The summed E-state index contributed by atoms with van der Waals surface area (Å²) in [6.45, 7) is 8.26. The molecule has 0 N–H and O–H groups in total. The van der Waals surface area contributed by atoms with Crippen molar-refractivity contribution in [3.63, 3.8) is 0 Å². The number of carbonyl (C=O) groups is 1. The van der Waals surface area contributed by atoms with Crippen LogP contribution in [0.25, 0.3) is 22.5 Å². The summed E-state index contributed by atoms with van der Waals surface area (Å²) in [6, 6.07) is 16.5. The van der Waals surface area contributed by atoms with Crippen molar-refractivity contribution in [2.24, 2.45) is 5.92 Å². The number of esters is 1. The molecule has 0 saturated heterocycles. The first-order chi connectivity index (χ1) is 18.5. The van der Waals surface area contributed by atoms with Crippen LogP contribution in [0.2, 0.25) is 0 Å². The SMILES string of the molecule is CCCCCCCCCc1ccc(-c2cnc(-c3ccc(OCC(C)OC(=O)C(C)CC)cc3)nc2)cc1. The van der Waals surface area contributed by atoms with Gasteiger partial charge in [-0.3, -0.25) is 4.79 Å². The Hall–Kier alpha value is -3.21. The normalized spacial score (nSPS) is 12.6. The molecule has 3 rings (SSSR count). The molecule has 1 aromatic heterocycles. The highest BCUT2D eigenvalue weighted by Crippen LogP contribution is 2.23. The Morgan fingerprint density at radius 1 is 0.763 bits per heavy atom. The van der Waals surface area contributed by atoms with Crippen molar-refractivity contribution in [2.75, 3.05) is 6.61 Å². The van der Waals surface area contributed by atoms with Crippen LogP contribution in [0.3, 0.4) is 0 Å². The smallest absolute Gasteiger partial charge is 0.309 e. The minimum Gasteiger partial charge on any atom is -0.490 e. The van der Waals surface area contributed by atoms with Crippen molar-refractivity contribution in [1.82, 2.24) is 9.97 Å². The molecule has 3 aromatic rings. The van der Waals surface area contributed by atoms with E-state index < -0.39 is 0 Å². The second-order valence-electron chi connectivity index (χ2n) is 10.3. The molecule has 0 aliphatic carbocycles. The summed E-state index contributed by atoms with van der Waals surface area (Å²) < 4.78 is 11.2. The topological polar surface area (TPSA) is 61.3 Å². The van der Waals surface area contributed by atoms with E-state index in [1.54, 1.807) is 0 Å². The van der Waals surface area contributed by atoms with Crippen LogP contribution in [-0.2, 0) is 16.0 Å². The summed E-state index contributed by atoms with van der Waals surface area (Å²) in [5, 5.41) is 0. The zero-order chi connectivity index (χ0) is 27.2. The molecule has 0 amide bonds. The predicted octanol–water partition coefficient (Wildman–Crippen LogP) is 8.46. The number of nitrogens with zero attached hydrogens (tertiary/aromatic N) is 2. The summed E-state index contributed by atoms with van der Waals surface area (Å²) in [5.74, 6) is 1.11. The lowest BCUT2D eigenvalue weighted by Crippen LogP contribution is -2.25. The molecule has 0 saturated carbocycles. The van der Waals surface area contributed by atoms with Crippen molar-refractivity contribution in [3.8, 4) is 28.3 Å². The zero-order valence-corrected chi connectivity index (χ0v) is 23.6. The number of carbonyl (C=O) groups excluding carboxylic acids is 1. The maximum Gasteiger partial charge on any atom is 0.309 e. The first kappa shape index (κ1) is 29.3. The molecule has 204 valence electrons. The number of aryl methyl sites for hydroxylation is 1. The third-order valence-corrected chi connectivity index (χ3v) is 6.94. The molecule has 5 heteroatoms. The lowest BCUT2D eigenvalue weighted by molar-refractivity contribution is -0.154. The molecule has 0 aliphatic rings. The minimum absolute atomic E-state index is 0.0952. The molecule has 0 aliphatic heterocycles. The summed E-state index contributed by atoms with van der Waals surface area (Å²) in [6.07, 6.45) is 14.7. The number of unbranched alkanes of at least 4 members (excludes halogenated alkanes) is 6. The number of ether oxygens (including phenoxy) is 2. The third-order valence-electron chi connectivity index (χ3n) is 6.94. The first-order valence-electron chi connectivity index (χ1n) is 14.3. The summed E-state index contributed by atoms with van der Waals surface area (Å²) in [7, 11) is 0. The third kappa shape index (κ3) is 9.59. The average Bonchev–Trinajstić information content (AvgIpc) is 2.96. The Bertz CT molecular complexity index is 1080. The van der Waals surface area contributed by atoms with E-state index in [0.29, 0.717) is 18.2 Å². The molecule has 38 heavy (non-hydrogen) atoms. The van der Waals surface area contributed by atoms with Gasteiger partial charge in [-0.1, -0.05) is 83.6 Å². The molecule has 0 bridgehead atoms. The summed E-state index contributed by atoms with van der Waals surface area (Å²) in [4.78, 5) is 21.1. The fraction of sp³-hybridized carbons (Fsp3) is 0.485. The first-order valence-corrected chi connectivity index (χ1v) is 14.3. The summed E-state index contributed by atoms with van der Waals surface area (Å²) in [5.41, 5.74) is 4.46. The number of hydrogen-bond acceptors (Lipinski definition) is 5. The molecule has 0 radical (unpaired) electrons. The Labute approximate surface area is 229 Å². The molecule has 2 aromatic carbocycles. The van der Waals surface area contributed by atoms with E-state index in [0.717, 1.165) is 29.5 Å². The highest BCUT2D eigenvalue weighted by Gasteiger charge is 2.16. The van der Waals surface area contributed by atoms with Gasteiger partial charge in [0.1, 0.15) is 18.5 Å². The van der Waals surface area contributed by atoms with Crippen LogP contribution in [0, 0.1) is 5.92 Å². The quantitative estimate of drug-likeness (QED) is 0.141. The maximum atomic E-state index is 11.9. The van der Waals surface area contributed by atoms with E-state index in [2.05, 4.69) is 41.2 Å². The molecule has 0 spiro atoms. The van der Waals surface area contributed by atoms with E-state index in [4.69, 9.17) is 9.47 Å². The highest BCUT2D eigenvalue weighted by molar-refractivity contribution is 5.72. The van der Waals surface area contributed by atoms with Crippen LogP contribution >= 0.6 is 0 Å². The number of rotatable bonds is 16. The van der Waals surface area contributed by atoms with Crippen LogP contribution in [0.4, 0.5) is 0 Å². The number of benzene rings is 2. The molecule has 2 atom stereocenters. The Kier molecular flexibility index (Phi) is 12.3. The maximum absolute atomic E-state index is 11.9. The van der Waals surface area contributed by atoms with E-state index in [1.807, 2.05) is 57.4 Å². The van der Waals surface area contributed by atoms with Crippen LogP contribution < -0.4 is 4.74 Å². The Morgan fingerprint density at radius 3 is 2.00 bits per heavy atom. The van der Waals surface area contributed by atoms with Crippen molar-refractivity contribution in [1.29, 1.82) is 0 Å². The fourth-order valence-corrected chi connectivity index (χ4v) is 4.21. The lowest BCUT2D eigenvalue weighted by Gasteiger charge is -2.16. The second kappa shape index (κ2) is 15.9. The van der Waals surface area contributed by atoms with Crippen LogP contribution in [-0.4, -0.2) is 28.6 Å². The predicted molar refractivity (Wildman–Crippen MR) is 155 cm³/mol. The van der Waals surface area contributed by atoms with Gasteiger partial charge in [0.05, 0.1) is 5.92 Å². The Morgan fingerprint density at radius 2 is 1.37 bits per heavy atom. The van der Waals surface area contributed by atoms with Crippen LogP contribution in [0.1, 0.15) is 84.6 Å².